The van der Waals surface area contributed by atoms with E-state index in [1.54, 1.807) is 4.90 Å². The van der Waals surface area contributed by atoms with E-state index in [4.69, 9.17) is 11.6 Å². The van der Waals surface area contributed by atoms with Gasteiger partial charge < -0.3 is 20.9 Å². The zero-order valence-electron chi connectivity index (χ0n) is 13.6. The molecule has 130 valence electrons. The van der Waals surface area contributed by atoms with Gasteiger partial charge in [-0.15, -0.1) is 0 Å². The van der Waals surface area contributed by atoms with Crippen LogP contribution in [0.25, 0.3) is 0 Å². The molecule has 2 unspecified atom stereocenters. The van der Waals surface area contributed by atoms with Crippen LogP contribution in [0.4, 0.5) is 0 Å². The highest BCUT2D eigenvalue weighted by molar-refractivity contribution is 6.31. The zero-order valence-corrected chi connectivity index (χ0v) is 14.3. The normalized spacial score (nSPS) is 24.0. The van der Waals surface area contributed by atoms with Gasteiger partial charge in [-0.2, -0.15) is 0 Å². The molecule has 1 aromatic carbocycles. The van der Waals surface area contributed by atoms with Gasteiger partial charge in [-0.3, -0.25) is 9.59 Å². The van der Waals surface area contributed by atoms with Crippen LogP contribution >= 0.6 is 11.6 Å². The minimum absolute atomic E-state index is 0.0258. The summed E-state index contributed by atoms with van der Waals surface area (Å²) in [6.45, 7) is 2.89. The summed E-state index contributed by atoms with van der Waals surface area (Å²) >= 11 is 6.30. The van der Waals surface area contributed by atoms with Gasteiger partial charge in [-0.05, 0) is 31.0 Å². The van der Waals surface area contributed by atoms with E-state index in [1.165, 1.54) is 0 Å². The minimum Gasteiger partial charge on any atom is -0.346 e. The molecule has 0 bridgehead atoms. The number of nitrogens with one attached hydrogen (secondary N) is 3. The van der Waals surface area contributed by atoms with E-state index in [-0.39, 0.29) is 30.4 Å². The molecule has 0 aromatic heterocycles. The maximum atomic E-state index is 12.6. The van der Waals surface area contributed by atoms with Gasteiger partial charge in [0.05, 0.1) is 18.6 Å². The van der Waals surface area contributed by atoms with Crippen LogP contribution in [-0.2, 0) is 9.59 Å². The van der Waals surface area contributed by atoms with Gasteiger partial charge in [0.1, 0.15) is 0 Å². The predicted octanol–water partition coefficient (Wildman–Crippen LogP) is 0.681. The summed E-state index contributed by atoms with van der Waals surface area (Å²) < 4.78 is 0. The van der Waals surface area contributed by atoms with Crippen LogP contribution in [0.3, 0.4) is 0 Å². The molecule has 2 atom stereocenters. The molecule has 0 aliphatic carbocycles. The van der Waals surface area contributed by atoms with Gasteiger partial charge in [0.25, 0.3) is 0 Å². The SMILES string of the molecule is O=C(NCC(=O)N1CCNCC1c1ccccc1Cl)C1CCCN1. The fourth-order valence-electron chi connectivity index (χ4n) is 3.32. The molecule has 2 saturated heterocycles. The van der Waals surface area contributed by atoms with Crippen LogP contribution in [0.15, 0.2) is 24.3 Å². The number of carbonyl (C=O) groups is 2. The van der Waals surface area contributed by atoms with E-state index in [9.17, 15) is 9.59 Å². The van der Waals surface area contributed by atoms with Gasteiger partial charge in [-0.25, -0.2) is 0 Å². The first-order valence-corrected chi connectivity index (χ1v) is 8.80. The summed E-state index contributed by atoms with van der Waals surface area (Å²) in [5.41, 5.74) is 0.934. The smallest absolute Gasteiger partial charge is 0.242 e. The highest BCUT2D eigenvalue weighted by Gasteiger charge is 2.30. The van der Waals surface area contributed by atoms with Crippen molar-refractivity contribution in [3.63, 3.8) is 0 Å². The zero-order chi connectivity index (χ0) is 16.9. The van der Waals surface area contributed by atoms with E-state index in [1.807, 2.05) is 24.3 Å². The maximum absolute atomic E-state index is 12.6. The third-order valence-electron chi connectivity index (χ3n) is 4.62. The first-order chi connectivity index (χ1) is 11.7. The highest BCUT2D eigenvalue weighted by atomic mass is 35.5. The molecule has 3 N–H and O–H groups in total. The van der Waals surface area contributed by atoms with Crippen LogP contribution in [-0.4, -0.2) is 55.5 Å². The van der Waals surface area contributed by atoms with Crippen molar-refractivity contribution in [3.8, 4) is 0 Å². The van der Waals surface area contributed by atoms with Crippen LogP contribution in [0.2, 0.25) is 5.02 Å². The second kappa shape index (κ2) is 7.96. The van der Waals surface area contributed by atoms with Crippen LogP contribution < -0.4 is 16.0 Å². The van der Waals surface area contributed by atoms with Crippen molar-refractivity contribution in [1.82, 2.24) is 20.9 Å². The molecule has 1 aromatic rings. The molecule has 0 radical (unpaired) electrons. The third-order valence-corrected chi connectivity index (χ3v) is 4.96. The third kappa shape index (κ3) is 3.88. The molecule has 0 spiro atoms. The Morgan fingerprint density at radius 1 is 1.29 bits per heavy atom. The lowest BCUT2D eigenvalue weighted by molar-refractivity contribution is -0.136. The van der Waals surface area contributed by atoms with Crippen molar-refractivity contribution in [2.45, 2.75) is 24.9 Å². The standard InChI is InChI=1S/C17H23ClN4O2/c18-13-5-2-1-4-12(13)15-10-19-8-9-22(15)16(23)11-21-17(24)14-6-3-7-20-14/h1-2,4-5,14-15,19-20H,3,6-11H2,(H,21,24). The van der Waals surface area contributed by atoms with Gasteiger partial charge >= 0.3 is 0 Å². The van der Waals surface area contributed by atoms with Gasteiger partial charge in [-0.1, -0.05) is 29.8 Å². The van der Waals surface area contributed by atoms with E-state index in [0.29, 0.717) is 18.1 Å². The Morgan fingerprint density at radius 2 is 2.12 bits per heavy atom. The number of piperazine rings is 1. The fourth-order valence-corrected chi connectivity index (χ4v) is 3.58. The van der Waals surface area contributed by atoms with Gasteiger partial charge in [0, 0.05) is 24.7 Å². The molecular weight excluding hydrogens is 328 g/mol. The van der Waals surface area contributed by atoms with Crippen molar-refractivity contribution >= 4 is 23.4 Å². The molecule has 2 aliphatic rings. The molecule has 2 heterocycles. The molecule has 3 rings (SSSR count). The number of halogens is 1. The summed E-state index contributed by atoms with van der Waals surface area (Å²) in [7, 11) is 0. The molecule has 2 amide bonds. The van der Waals surface area contributed by atoms with Crippen LogP contribution in [0.1, 0.15) is 24.4 Å². The number of amides is 2. The second-order valence-corrected chi connectivity index (χ2v) is 6.60. The number of carbonyl (C=O) groups excluding carboxylic acids is 2. The Bertz CT molecular complexity index is 604. The van der Waals surface area contributed by atoms with Gasteiger partial charge in [0.15, 0.2) is 0 Å². The number of rotatable bonds is 4. The summed E-state index contributed by atoms with van der Waals surface area (Å²) in [4.78, 5) is 26.5. The molecule has 7 heteroatoms. The molecule has 6 nitrogen and oxygen atoms in total. The van der Waals surface area contributed by atoms with E-state index < -0.39 is 0 Å². The summed E-state index contributed by atoms with van der Waals surface area (Å²) in [6, 6.07) is 7.31. The lowest BCUT2D eigenvalue weighted by Gasteiger charge is -2.37. The van der Waals surface area contributed by atoms with Crippen molar-refractivity contribution in [3.05, 3.63) is 34.9 Å². The number of hydrogen-bond acceptors (Lipinski definition) is 4. The lowest BCUT2D eigenvalue weighted by atomic mass is 10.0. The first-order valence-electron chi connectivity index (χ1n) is 8.42. The maximum Gasteiger partial charge on any atom is 0.242 e. The number of hydrogen-bond donors (Lipinski definition) is 3. The van der Waals surface area contributed by atoms with E-state index in [0.717, 1.165) is 31.5 Å². The minimum atomic E-state index is -0.166. The topological polar surface area (TPSA) is 73.5 Å². The summed E-state index contributed by atoms with van der Waals surface area (Å²) in [5.74, 6) is -0.168. The summed E-state index contributed by atoms with van der Waals surface area (Å²) in [5, 5.41) is 9.86. The molecule has 24 heavy (non-hydrogen) atoms. The average Bonchev–Trinajstić information content (AvgIpc) is 3.14. The number of nitrogens with zero attached hydrogens (tertiary/aromatic N) is 1. The Kier molecular flexibility index (Phi) is 5.71. The highest BCUT2D eigenvalue weighted by Crippen LogP contribution is 2.28. The monoisotopic (exact) mass is 350 g/mol. The Labute approximate surface area is 146 Å². The Morgan fingerprint density at radius 3 is 2.88 bits per heavy atom. The summed E-state index contributed by atoms with van der Waals surface area (Å²) in [6.07, 6.45) is 1.83. The Hall–Kier alpha value is -1.63. The molecule has 2 fully saturated rings. The largest absolute Gasteiger partial charge is 0.346 e. The van der Waals surface area contributed by atoms with Crippen LogP contribution in [0.5, 0.6) is 0 Å². The van der Waals surface area contributed by atoms with E-state index >= 15 is 0 Å². The van der Waals surface area contributed by atoms with Crippen molar-refractivity contribution < 1.29 is 9.59 Å². The average molecular weight is 351 g/mol. The van der Waals surface area contributed by atoms with Crippen molar-refractivity contribution in [2.24, 2.45) is 0 Å². The van der Waals surface area contributed by atoms with Crippen LogP contribution in [0, 0.1) is 0 Å². The quantitative estimate of drug-likeness (QED) is 0.746. The van der Waals surface area contributed by atoms with E-state index in [2.05, 4.69) is 16.0 Å². The fraction of sp³-hybridized carbons (Fsp3) is 0.529. The second-order valence-electron chi connectivity index (χ2n) is 6.20. The van der Waals surface area contributed by atoms with Gasteiger partial charge in [0.2, 0.25) is 11.8 Å². The van der Waals surface area contributed by atoms with Crippen molar-refractivity contribution in [1.29, 1.82) is 0 Å². The number of benzene rings is 1. The molecular formula is C17H23ClN4O2. The lowest BCUT2D eigenvalue weighted by Crippen LogP contribution is -2.52. The first kappa shape index (κ1) is 17.2. The predicted molar refractivity (Wildman–Crippen MR) is 92.8 cm³/mol. The Balaban J connectivity index is 1.63. The molecule has 2 aliphatic heterocycles. The molecule has 0 saturated carbocycles. The van der Waals surface area contributed by atoms with Crippen molar-refractivity contribution in [2.75, 3.05) is 32.7 Å².